The third-order valence-corrected chi connectivity index (χ3v) is 6.72. The van der Waals surface area contributed by atoms with Crippen molar-refractivity contribution < 1.29 is 19.4 Å². The van der Waals surface area contributed by atoms with Crippen LogP contribution in [0.1, 0.15) is 29.4 Å². The molecule has 1 aromatic carbocycles. The number of likely N-dealkylation sites (tertiary alicyclic amines) is 1. The molecular weight excluding hydrogens is 364 g/mol. The molecule has 6 nitrogen and oxygen atoms in total. The van der Waals surface area contributed by atoms with Crippen LogP contribution in [0.25, 0.3) is 10.1 Å². The number of aliphatic hydroxyl groups excluding tert-OH is 1. The topological polar surface area (TPSA) is 78.9 Å². The zero-order chi connectivity index (χ0) is 19.0. The van der Waals surface area contributed by atoms with Crippen molar-refractivity contribution >= 4 is 33.2 Å². The minimum Gasteiger partial charge on any atom is -0.394 e. The Balaban J connectivity index is 1.42. The predicted molar refractivity (Wildman–Crippen MR) is 104 cm³/mol. The highest BCUT2D eigenvalue weighted by atomic mass is 32.1. The molecule has 2 N–H and O–H groups in total. The molecule has 1 unspecified atom stereocenters. The van der Waals surface area contributed by atoms with Gasteiger partial charge in [-0.15, -0.1) is 11.3 Å². The summed E-state index contributed by atoms with van der Waals surface area (Å²) in [4.78, 5) is 28.0. The third kappa shape index (κ3) is 3.59. The summed E-state index contributed by atoms with van der Waals surface area (Å²) >= 11 is 1.44. The number of benzene rings is 1. The van der Waals surface area contributed by atoms with Gasteiger partial charge in [-0.3, -0.25) is 9.59 Å². The molecule has 0 saturated carbocycles. The fraction of sp³-hybridized carbons (Fsp3) is 0.500. The van der Waals surface area contributed by atoms with Crippen LogP contribution >= 0.6 is 11.3 Å². The molecule has 0 aliphatic carbocycles. The second-order valence-corrected chi connectivity index (χ2v) is 8.47. The molecule has 2 saturated heterocycles. The molecule has 2 aliphatic heterocycles. The second-order valence-electron chi connectivity index (χ2n) is 7.39. The number of hydrogen-bond acceptors (Lipinski definition) is 5. The molecule has 27 heavy (non-hydrogen) atoms. The van der Waals surface area contributed by atoms with Crippen molar-refractivity contribution in [3.8, 4) is 0 Å². The van der Waals surface area contributed by atoms with Gasteiger partial charge in [-0.1, -0.05) is 18.2 Å². The van der Waals surface area contributed by atoms with Crippen molar-refractivity contribution in [1.29, 1.82) is 0 Å². The van der Waals surface area contributed by atoms with Crippen LogP contribution in [-0.2, 0) is 9.53 Å². The number of aliphatic hydroxyl groups is 1. The molecule has 2 fully saturated rings. The van der Waals surface area contributed by atoms with E-state index in [1.165, 1.54) is 11.3 Å². The van der Waals surface area contributed by atoms with Crippen LogP contribution < -0.4 is 5.32 Å². The van der Waals surface area contributed by atoms with Crippen molar-refractivity contribution in [2.45, 2.75) is 38.0 Å². The van der Waals surface area contributed by atoms with Gasteiger partial charge in [-0.05, 0) is 37.3 Å². The van der Waals surface area contributed by atoms with Crippen LogP contribution in [0, 0.1) is 5.92 Å². The van der Waals surface area contributed by atoms with Crippen LogP contribution in [0.15, 0.2) is 30.3 Å². The lowest BCUT2D eigenvalue weighted by Crippen LogP contribution is -2.44. The summed E-state index contributed by atoms with van der Waals surface area (Å²) in [6.07, 6.45) is 1.25. The molecule has 0 radical (unpaired) electrons. The second kappa shape index (κ2) is 7.58. The van der Waals surface area contributed by atoms with Gasteiger partial charge in [-0.2, -0.15) is 0 Å². The van der Waals surface area contributed by atoms with E-state index in [-0.39, 0.29) is 36.5 Å². The smallest absolute Gasteiger partial charge is 0.262 e. The van der Waals surface area contributed by atoms with Gasteiger partial charge in [0.15, 0.2) is 0 Å². The van der Waals surface area contributed by atoms with Crippen molar-refractivity contribution in [3.05, 3.63) is 35.2 Å². The maximum Gasteiger partial charge on any atom is 0.262 e. The van der Waals surface area contributed by atoms with Crippen LogP contribution in [0.5, 0.6) is 0 Å². The summed E-state index contributed by atoms with van der Waals surface area (Å²) in [5, 5.41) is 13.4. The number of nitrogens with zero attached hydrogens (tertiary/aromatic N) is 1. The van der Waals surface area contributed by atoms with E-state index in [2.05, 4.69) is 5.32 Å². The summed E-state index contributed by atoms with van der Waals surface area (Å²) in [6, 6.07) is 9.31. The van der Waals surface area contributed by atoms with Crippen LogP contribution in [0.2, 0.25) is 0 Å². The Labute approximate surface area is 162 Å². The largest absolute Gasteiger partial charge is 0.394 e. The molecule has 2 aromatic rings. The van der Waals surface area contributed by atoms with Crippen molar-refractivity contribution in [1.82, 2.24) is 10.2 Å². The highest BCUT2D eigenvalue weighted by Crippen LogP contribution is 2.28. The summed E-state index contributed by atoms with van der Waals surface area (Å²) in [7, 11) is 0. The van der Waals surface area contributed by atoms with Crippen LogP contribution in [0.3, 0.4) is 0 Å². The normalized spacial score (nSPS) is 28.2. The Hall–Kier alpha value is -1.96. The van der Waals surface area contributed by atoms with E-state index in [0.717, 1.165) is 16.5 Å². The highest BCUT2D eigenvalue weighted by Gasteiger charge is 2.41. The Morgan fingerprint density at radius 3 is 3.00 bits per heavy atom. The molecule has 0 bridgehead atoms. The lowest BCUT2D eigenvalue weighted by atomic mass is 10.0. The van der Waals surface area contributed by atoms with E-state index >= 15 is 0 Å². The Bertz CT molecular complexity index is 818. The number of amides is 2. The van der Waals surface area contributed by atoms with E-state index in [9.17, 15) is 14.7 Å². The first-order chi connectivity index (χ1) is 13.1. The average molecular weight is 388 g/mol. The maximum absolute atomic E-state index is 12.8. The summed E-state index contributed by atoms with van der Waals surface area (Å²) in [5.41, 5.74) is 0. The Morgan fingerprint density at radius 1 is 1.41 bits per heavy atom. The maximum atomic E-state index is 12.8. The Kier molecular flexibility index (Phi) is 5.16. The summed E-state index contributed by atoms with van der Waals surface area (Å²) in [5.74, 6) is -0.0833. The fourth-order valence-corrected chi connectivity index (χ4v) is 5.02. The third-order valence-electron chi connectivity index (χ3n) is 5.60. The van der Waals surface area contributed by atoms with E-state index in [4.69, 9.17) is 4.74 Å². The molecule has 144 valence electrons. The van der Waals surface area contributed by atoms with Gasteiger partial charge in [0.05, 0.1) is 17.6 Å². The van der Waals surface area contributed by atoms with Crippen molar-refractivity contribution in [2.24, 2.45) is 5.92 Å². The molecular formula is C20H24N2O4S. The molecule has 0 spiro atoms. The van der Waals surface area contributed by atoms with Gasteiger partial charge in [0.2, 0.25) is 5.91 Å². The number of nitrogens with one attached hydrogen (secondary N) is 1. The number of hydrogen-bond donors (Lipinski definition) is 2. The number of carbonyl (C=O) groups is 2. The molecule has 4 atom stereocenters. The average Bonchev–Trinajstić information content (AvgIpc) is 3.36. The van der Waals surface area contributed by atoms with Crippen molar-refractivity contribution in [3.63, 3.8) is 0 Å². The summed E-state index contributed by atoms with van der Waals surface area (Å²) in [6.45, 7) is 3.18. The van der Waals surface area contributed by atoms with E-state index in [1.807, 2.05) is 42.2 Å². The minimum atomic E-state index is -0.493. The molecule has 2 aliphatic rings. The molecule has 1 aromatic heterocycles. The van der Waals surface area contributed by atoms with Gasteiger partial charge in [0.1, 0.15) is 6.04 Å². The predicted octanol–water partition coefficient (Wildman–Crippen LogP) is 2.02. The van der Waals surface area contributed by atoms with Crippen LogP contribution in [-0.4, -0.2) is 59.8 Å². The molecule has 2 amide bonds. The number of fused-ring (bicyclic) bond motifs is 1. The first-order valence-electron chi connectivity index (χ1n) is 9.39. The first-order valence-corrected chi connectivity index (χ1v) is 10.2. The standard InChI is InChI=1S/C20H24N2O4S/c1-12-8-15(20(25)22(12)10-14-6-7-26-16(14)11-23)21-19(24)18-9-13-4-2-3-5-17(13)27-18/h2-5,9,12,14-16,23H,6-8,10-11H2,1H3,(H,21,24)/t12?,14-,15+,16-/m1/s1. The zero-order valence-electron chi connectivity index (χ0n) is 15.3. The van der Waals surface area contributed by atoms with Gasteiger partial charge >= 0.3 is 0 Å². The van der Waals surface area contributed by atoms with Crippen molar-refractivity contribution in [2.75, 3.05) is 19.8 Å². The van der Waals surface area contributed by atoms with Gasteiger partial charge in [-0.25, -0.2) is 0 Å². The Morgan fingerprint density at radius 2 is 2.22 bits per heavy atom. The molecule has 7 heteroatoms. The molecule has 3 heterocycles. The number of carbonyl (C=O) groups excluding carboxylic acids is 2. The van der Waals surface area contributed by atoms with Gasteiger partial charge in [0, 0.05) is 29.8 Å². The van der Waals surface area contributed by atoms with Gasteiger partial charge < -0.3 is 20.1 Å². The monoisotopic (exact) mass is 388 g/mol. The molecule has 4 rings (SSSR count). The van der Waals surface area contributed by atoms with Gasteiger partial charge in [0.25, 0.3) is 5.91 Å². The van der Waals surface area contributed by atoms with Crippen LogP contribution in [0.4, 0.5) is 0 Å². The van der Waals surface area contributed by atoms with E-state index < -0.39 is 6.04 Å². The SMILES string of the molecule is CC1C[C@H](NC(=O)c2cc3ccccc3s2)C(=O)N1C[C@H]1CCO[C@@H]1CO. The lowest BCUT2D eigenvalue weighted by Gasteiger charge is -2.27. The van der Waals surface area contributed by atoms with E-state index in [1.54, 1.807) is 0 Å². The highest BCUT2D eigenvalue weighted by molar-refractivity contribution is 7.20. The quantitative estimate of drug-likeness (QED) is 0.821. The number of rotatable bonds is 5. The minimum absolute atomic E-state index is 0.0207. The zero-order valence-corrected chi connectivity index (χ0v) is 16.1. The fourth-order valence-electron chi connectivity index (χ4n) is 4.06. The van der Waals surface area contributed by atoms with E-state index in [0.29, 0.717) is 24.4 Å². The summed E-state index contributed by atoms with van der Waals surface area (Å²) < 4.78 is 6.58. The number of thiophene rings is 1. The lowest BCUT2D eigenvalue weighted by molar-refractivity contribution is -0.131. The first kappa shape index (κ1) is 18.4. The number of ether oxygens (including phenoxy) is 1.